The van der Waals surface area contributed by atoms with Gasteiger partial charge in [0, 0.05) is 19.6 Å². The third kappa shape index (κ3) is 1.79. The molecule has 2 rings (SSSR count). The van der Waals surface area contributed by atoms with Crippen molar-refractivity contribution in [1.82, 2.24) is 4.90 Å². The maximum Gasteiger partial charge on any atom is 0.0994 e. The zero-order chi connectivity index (χ0) is 8.60. The monoisotopic (exact) mass is 171 g/mol. The molecule has 3 heteroatoms. The maximum atomic E-state index is 5.52. The van der Waals surface area contributed by atoms with E-state index in [9.17, 15) is 0 Å². The minimum atomic E-state index is 0.137. The molecule has 0 aromatic heterocycles. The predicted octanol–water partition coefficient (Wildman–Crippen LogP) is 0.496. The minimum Gasteiger partial charge on any atom is -0.379 e. The minimum absolute atomic E-state index is 0.137. The van der Waals surface area contributed by atoms with Gasteiger partial charge in [-0.15, -0.1) is 0 Å². The van der Waals surface area contributed by atoms with Crippen LogP contribution in [0.15, 0.2) is 0 Å². The van der Waals surface area contributed by atoms with Gasteiger partial charge in [-0.2, -0.15) is 0 Å². The van der Waals surface area contributed by atoms with Gasteiger partial charge in [0.25, 0.3) is 0 Å². The summed E-state index contributed by atoms with van der Waals surface area (Å²) < 4.78 is 10.8. The lowest BCUT2D eigenvalue weighted by atomic mass is 10.1. The van der Waals surface area contributed by atoms with Gasteiger partial charge in [0.05, 0.1) is 24.9 Å². The Morgan fingerprint density at radius 3 is 2.42 bits per heavy atom. The van der Waals surface area contributed by atoms with Crippen LogP contribution in [-0.2, 0) is 9.47 Å². The lowest BCUT2D eigenvalue weighted by Gasteiger charge is -2.25. The zero-order valence-electron chi connectivity index (χ0n) is 7.88. The first-order chi connectivity index (χ1) is 5.68. The molecule has 2 saturated heterocycles. The van der Waals surface area contributed by atoms with Crippen molar-refractivity contribution in [3.8, 4) is 0 Å². The molecule has 0 aromatic rings. The van der Waals surface area contributed by atoms with E-state index >= 15 is 0 Å². The van der Waals surface area contributed by atoms with Crippen LogP contribution in [0, 0.1) is 0 Å². The van der Waals surface area contributed by atoms with Crippen LogP contribution >= 0.6 is 0 Å². The van der Waals surface area contributed by atoms with Crippen LogP contribution in [0.3, 0.4) is 0 Å². The summed E-state index contributed by atoms with van der Waals surface area (Å²) in [6.07, 6.45) is 0.454. The fourth-order valence-corrected chi connectivity index (χ4v) is 1.61. The van der Waals surface area contributed by atoms with Crippen LogP contribution in [0.1, 0.15) is 13.8 Å². The Hall–Kier alpha value is -0.120. The largest absolute Gasteiger partial charge is 0.379 e. The van der Waals surface area contributed by atoms with E-state index in [4.69, 9.17) is 9.47 Å². The lowest BCUT2D eigenvalue weighted by Crippen LogP contribution is -2.39. The summed E-state index contributed by atoms with van der Waals surface area (Å²) in [6, 6.07) is 0. The third-order valence-corrected chi connectivity index (χ3v) is 2.69. The van der Waals surface area contributed by atoms with Gasteiger partial charge in [-0.05, 0) is 13.8 Å². The molecular weight excluding hydrogens is 154 g/mol. The second-order valence-electron chi connectivity index (χ2n) is 4.12. The molecule has 0 aliphatic carbocycles. The van der Waals surface area contributed by atoms with Crippen molar-refractivity contribution in [2.75, 3.05) is 32.8 Å². The first-order valence-electron chi connectivity index (χ1n) is 4.66. The summed E-state index contributed by atoms with van der Waals surface area (Å²) in [4.78, 5) is 2.42. The molecule has 0 aromatic carbocycles. The summed E-state index contributed by atoms with van der Waals surface area (Å²) in [5.41, 5.74) is 0.137. The maximum absolute atomic E-state index is 5.52. The standard InChI is InChI=1S/C9H17NO2/c1-9(2)8(12-9)7-10-3-5-11-6-4-10/h8H,3-7H2,1-2H3. The predicted molar refractivity (Wildman–Crippen MR) is 46.2 cm³/mol. The molecule has 12 heavy (non-hydrogen) atoms. The first-order valence-corrected chi connectivity index (χ1v) is 4.66. The van der Waals surface area contributed by atoms with E-state index in [1.807, 2.05) is 0 Å². The van der Waals surface area contributed by atoms with Crippen LogP contribution in [-0.4, -0.2) is 49.5 Å². The fourth-order valence-electron chi connectivity index (χ4n) is 1.61. The van der Waals surface area contributed by atoms with Gasteiger partial charge in [0.2, 0.25) is 0 Å². The van der Waals surface area contributed by atoms with Gasteiger partial charge in [-0.25, -0.2) is 0 Å². The Balaban J connectivity index is 1.73. The zero-order valence-corrected chi connectivity index (χ0v) is 7.88. The van der Waals surface area contributed by atoms with Crippen molar-refractivity contribution in [3.63, 3.8) is 0 Å². The van der Waals surface area contributed by atoms with E-state index in [2.05, 4.69) is 18.7 Å². The molecule has 0 bridgehead atoms. The summed E-state index contributed by atoms with van der Waals surface area (Å²) in [5, 5.41) is 0. The van der Waals surface area contributed by atoms with Crippen molar-refractivity contribution in [1.29, 1.82) is 0 Å². The highest BCUT2D eigenvalue weighted by Gasteiger charge is 2.48. The van der Waals surface area contributed by atoms with Gasteiger partial charge in [0.1, 0.15) is 0 Å². The van der Waals surface area contributed by atoms with E-state index in [0.717, 1.165) is 32.8 Å². The van der Waals surface area contributed by atoms with Crippen LogP contribution in [0.4, 0.5) is 0 Å². The highest BCUT2D eigenvalue weighted by molar-refractivity contribution is 4.96. The molecule has 2 heterocycles. The number of hydrogen-bond donors (Lipinski definition) is 0. The molecule has 2 fully saturated rings. The van der Waals surface area contributed by atoms with E-state index in [-0.39, 0.29) is 5.60 Å². The number of morpholine rings is 1. The van der Waals surface area contributed by atoms with Crippen LogP contribution in [0.25, 0.3) is 0 Å². The van der Waals surface area contributed by atoms with Crippen molar-refractivity contribution >= 4 is 0 Å². The summed E-state index contributed by atoms with van der Waals surface area (Å²) in [6.45, 7) is 9.28. The number of ether oxygens (including phenoxy) is 2. The van der Waals surface area contributed by atoms with Gasteiger partial charge >= 0.3 is 0 Å². The highest BCUT2D eigenvalue weighted by atomic mass is 16.6. The second kappa shape index (κ2) is 2.98. The van der Waals surface area contributed by atoms with Crippen molar-refractivity contribution in [2.45, 2.75) is 25.6 Å². The molecule has 2 aliphatic rings. The summed E-state index contributed by atoms with van der Waals surface area (Å²) in [5.74, 6) is 0. The van der Waals surface area contributed by atoms with Gasteiger partial charge in [0.15, 0.2) is 0 Å². The van der Waals surface area contributed by atoms with Crippen molar-refractivity contribution in [2.24, 2.45) is 0 Å². The topological polar surface area (TPSA) is 25.0 Å². The van der Waals surface area contributed by atoms with Gasteiger partial charge in [-0.3, -0.25) is 4.90 Å². The summed E-state index contributed by atoms with van der Waals surface area (Å²) >= 11 is 0. The average Bonchev–Trinajstić information content (AvgIpc) is 2.61. The Morgan fingerprint density at radius 2 is 1.92 bits per heavy atom. The smallest absolute Gasteiger partial charge is 0.0994 e. The molecule has 0 amide bonds. The molecule has 1 unspecified atom stereocenters. The normalized spacial score (nSPS) is 35.0. The summed E-state index contributed by atoms with van der Waals surface area (Å²) in [7, 11) is 0. The van der Waals surface area contributed by atoms with Crippen molar-refractivity contribution in [3.05, 3.63) is 0 Å². The van der Waals surface area contributed by atoms with E-state index in [1.165, 1.54) is 0 Å². The second-order valence-corrected chi connectivity index (χ2v) is 4.12. The quantitative estimate of drug-likeness (QED) is 0.565. The number of hydrogen-bond acceptors (Lipinski definition) is 3. The average molecular weight is 171 g/mol. The van der Waals surface area contributed by atoms with E-state index in [1.54, 1.807) is 0 Å². The van der Waals surface area contributed by atoms with E-state index < -0.39 is 0 Å². The molecule has 1 atom stereocenters. The molecule has 2 aliphatic heterocycles. The van der Waals surface area contributed by atoms with Gasteiger partial charge < -0.3 is 9.47 Å². The first kappa shape index (κ1) is 8.48. The molecule has 3 nitrogen and oxygen atoms in total. The molecule has 0 spiro atoms. The lowest BCUT2D eigenvalue weighted by molar-refractivity contribution is 0.0349. The molecule has 0 saturated carbocycles. The molecule has 70 valence electrons. The number of epoxide rings is 1. The fraction of sp³-hybridized carbons (Fsp3) is 1.00. The van der Waals surface area contributed by atoms with Crippen LogP contribution in [0.2, 0.25) is 0 Å². The number of nitrogens with zero attached hydrogens (tertiary/aromatic N) is 1. The Labute approximate surface area is 73.6 Å². The molecular formula is C9H17NO2. The Morgan fingerprint density at radius 1 is 1.33 bits per heavy atom. The third-order valence-electron chi connectivity index (χ3n) is 2.69. The highest BCUT2D eigenvalue weighted by Crippen LogP contribution is 2.35. The molecule has 0 N–H and O–H groups in total. The van der Waals surface area contributed by atoms with Gasteiger partial charge in [-0.1, -0.05) is 0 Å². The van der Waals surface area contributed by atoms with Crippen LogP contribution in [0.5, 0.6) is 0 Å². The Kier molecular flexibility index (Phi) is 2.10. The van der Waals surface area contributed by atoms with E-state index in [0.29, 0.717) is 6.10 Å². The number of rotatable bonds is 2. The SMILES string of the molecule is CC1(C)OC1CN1CCOCC1. The molecule has 0 radical (unpaired) electrons. The van der Waals surface area contributed by atoms with Crippen molar-refractivity contribution < 1.29 is 9.47 Å². The Bertz CT molecular complexity index is 164. The van der Waals surface area contributed by atoms with Crippen LogP contribution < -0.4 is 0 Å².